The van der Waals surface area contributed by atoms with Crippen molar-refractivity contribution in [2.45, 2.75) is 26.3 Å². The van der Waals surface area contributed by atoms with E-state index >= 15 is 0 Å². The quantitative estimate of drug-likeness (QED) is 0.658. The second kappa shape index (κ2) is 8.61. The van der Waals surface area contributed by atoms with Crippen molar-refractivity contribution >= 4 is 5.91 Å². The van der Waals surface area contributed by atoms with Gasteiger partial charge >= 0.3 is 0 Å². The molecule has 6 nitrogen and oxygen atoms in total. The van der Waals surface area contributed by atoms with Gasteiger partial charge in [0.25, 0.3) is 5.91 Å². The van der Waals surface area contributed by atoms with Crippen molar-refractivity contribution in [2.24, 2.45) is 0 Å². The summed E-state index contributed by atoms with van der Waals surface area (Å²) in [5.74, 6) is 0.428. The molecule has 2 heterocycles. The number of hydrogen-bond acceptors (Lipinski definition) is 5. The Kier molecular flexibility index (Phi) is 5.99. The molecule has 6 heteroatoms. The summed E-state index contributed by atoms with van der Waals surface area (Å²) in [6.45, 7) is 4.07. The summed E-state index contributed by atoms with van der Waals surface area (Å²) in [5, 5.41) is 0. The Morgan fingerprint density at radius 2 is 1.79 bits per heavy atom. The largest absolute Gasteiger partial charge is 0.479 e. The Balaban J connectivity index is 1.74. The second-order valence-corrected chi connectivity index (χ2v) is 6.73. The zero-order valence-electron chi connectivity index (χ0n) is 16.6. The van der Waals surface area contributed by atoms with Gasteiger partial charge in [0.05, 0.1) is 7.11 Å². The molecule has 0 aliphatic rings. The molecule has 0 saturated heterocycles. The molecule has 1 atom stereocenters. The van der Waals surface area contributed by atoms with Crippen LogP contribution in [0.15, 0.2) is 55.0 Å². The molecule has 28 heavy (non-hydrogen) atoms. The number of carbonyl (C=O) groups is 1. The van der Waals surface area contributed by atoms with Crippen molar-refractivity contribution in [1.82, 2.24) is 19.9 Å². The first-order chi connectivity index (χ1) is 13.5. The molecule has 3 rings (SSSR count). The highest BCUT2D eigenvalue weighted by Gasteiger charge is 2.19. The molecule has 1 aromatic carbocycles. The van der Waals surface area contributed by atoms with Gasteiger partial charge in [0.15, 0.2) is 0 Å². The first-order valence-corrected chi connectivity index (χ1v) is 9.14. The maximum absolute atomic E-state index is 12.9. The minimum atomic E-state index is -0.0289. The standard InChI is InChI=1S/C22H24N4O2/c1-15-6-5-11-23-19(15)14-16(2)26(3)22(27)18-9-7-17(8-10-18)20-21(28-4)25-13-12-24-20/h5-13,16H,14H2,1-4H3. The second-order valence-electron chi connectivity index (χ2n) is 6.73. The number of aromatic nitrogens is 3. The molecule has 0 aliphatic heterocycles. The van der Waals surface area contributed by atoms with Gasteiger partial charge in [-0.05, 0) is 37.6 Å². The Morgan fingerprint density at radius 3 is 2.46 bits per heavy atom. The van der Waals surface area contributed by atoms with Gasteiger partial charge < -0.3 is 9.64 Å². The van der Waals surface area contributed by atoms with Crippen molar-refractivity contribution in [3.63, 3.8) is 0 Å². The van der Waals surface area contributed by atoms with Crippen LogP contribution in [0.5, 0.6) is 5.88 Å². The van der Waals surface area contributed by atoms with E-state index < -0.39 is 0 Å². The summed E-state index contributed by atoms with van der Waals surface area (Å²) < 4.78 is 5.26. The van der Waals surface area contributed by atoms with Crippen LogP contribution >= 0.6 is 0 Å². The molecule has 0 saturated carbocycles. The fourth-order valence-electron chi connectivity index (χ4n) is 3.00. The van der Waals surface area contributed by atoms with E-state index in [1.54, 1.807) is 42.7 Å². The monoisotopic (exact) mass is 376 g/mol. The number of rotatable bonds is 6. The van der Waals surface area contributed by atoms with Crippen LogP contribution in [0.2, 0.25) is 0 Å². The Labute approximate surface area is 165 Å². The number of benzene rings is 1. The first kappa shape index (κ1) is 19.5. The lowest BCUT2D eigenvalue weighted by atomic mass is 10.0. The van der Waals surface area contributed by atoms with Crippen molar-refractivity contribution in [3.05, 3.63) is 71.8 Å². The van der Waals surface area contributed by atoms with Gasteiger partial charge in [-0.2, -0.15) is 0 Å². The summed E-state index contributed by atoms with van der Waals surface area (Å²) in [6, 6.07) is 11.3. The predicted molar refractivity (Wildman–Crippen MR) is 108 cm³/mol. The van der Waals surface area contributed by atoms with E-state index in [4.69, 9.17) is 4.74 Å². The Morgan fingerprint density at radius 1 is 1.07 bits per heavy atom. The molecule has 2 aromatic heterocycles. The summed E-state index contributed by atoms with van der Waals surface area (Å²) in [5.41, 5.74) is 4.27. The van der Waals surface area contributed by atoms with Crippen molar-refractivity contribution in [3.8, 4) is 17.1 Å². The minimum Gasteiger partial charge on any atom is -0.479 e. The van der Waals surface area contributed by atoms with Crippen molar-refractivity contribution in [1.29, 1.82) is 0 Å². The fourth-order valence-corrected chi connectivity index (χ4v) is 3.00. The van der Waals surface area contributed by atoms with Crippen LogP contribution in [0, 0.1) is 6.92 Å². The number of likely N-dealkylation sites (N-methyl/N-ethyl adjacent to an activating group) is 1. The molecular formula is C22H24N4O2. The van der Waals surface area contributed by atoms with E-state index in [-0.39, 0.29) is 11.9 Å². The van der Waals surface area contributed by atoms with Gasteiger partial charge in [-0.15, -0.1) is 0 Å². The normalized spacial score (nSPS) is 11.7. The molecule has 0 fully saturated rings. The van der Waals surface area contributed by atoms with Gasteiger partial charge in [-0.25, -0.2) is 9.97 Å². The molecule has 1 unspecified atom stereocenters. The van der Waals surface area contributed by atoms with Gasteiger partial charge in [0.2, 0.25) is 5.88 Å². The highest BCUT2D eigenvalue weighted by atomic mass is 16.5. The summed E-state index contributed by atoms with van der Waals surface area (Å²) in [6.07, 6.45) is 5.70. The van der Waals surface area contributed by atoms with E-state index in [9.17, 15) is 4.79 Å². The van der Waals surface area contributed by atoms with Crippen LogP contribution in [0.1, 0.15) is 28.5 Å². The maximum Gasteiger partial charge on any atom is 0.253 e. The first-order valence-electron chi connectivity index (χ1n) is 9.14. The van der Waals surface area contributed by atoms with Crippen LogP contribution in [0.4, 0.5) is 0 Å². The Hall–Kier alpha value is -3.28. The average molecular weight is 376 g/mol. The molecule has 0 bridgehead atoms. The smallest absolute Gasteiger partial charge is 0.253 e. The molecule has 0 spiro atoms. The molecule has 0 radical (unpaired) electrons. The topological polar surface area (TPSA) is 68.2 Å². The Bertz CT molecular complexity index is 957. The van der Waals surface area contributed by atoms with E-state index in [2.05, 4.69) is 15.0 Å². The van der Waals surface area contributed by atoms with Crippen LogP contribution in [0.25, 0.3) is 11.3 Å². The zero-order valence-corrected chi connectivity index (χ0v) is 16.6. The van der Waals surface area contributed by atoms with E-state index in [0.29, 0.717) is 23.6 Å². The molecule has 3 aromatic rings. The third-order valence-electron chi connectivity index (χ3n) is 4.85. The number of pyridine rings is 1. The maximum atomic E-state index is 12.9. The third kappa shape index (κ3) is 4.17. The number of ether oxygens (including phenoxy) is 1. The number of carbonyl (C=O) groups excluding carboxylic acids is 1. The van der Waals surface area contributed by atoms with Crippen LogP contribution < -0.4 is 4.74 Å². The molecule has 0 N–H and O–H groups in total. The summed E-state index contributed by atoms with van der Waals surface area (Å²) in [7, 11) is 3.38. The summed E-state index contributed by atoms with van der Waals surface area (Å²) >= 11 is 0. The highest BCUT2D eigenvalue weighted by molar-refractivity contribution is 5.94. The number of aryl methyl sites for hydroxylation is 1. The zero-order chi connectivity index (χ0) is 20.1. The molecule has 0 aliphatic carbocycles. The number of amides is 1. The molecule has 144 valence electrons. The lowest BCUT2D eigenvalue weighted by Gasteiger charge is -2.25. The SMILES string of the molecule is COc1nccnc1-c1ccc(C(=O)N(C)C(C)Cc2ncccc2C)cc1. The van der Waals surface area contributed by atoms with Crippen LogP contribution in [0.3, 0.4) is 0 Å². The predicted octanol–water partition coefficient (Wildman–Crippen LogP) is 3.56. The fraction of sp³-hybridized carbons (Fsp3) is 0.273. The lowest BCUT2D eigenvalue weighted by molar-refractivity contribution is 0.0743. The minimum absolute atomic E-state index is 0.0286. The van der Waals surface area contributed by atoms with Gasteiger partial charge in [0.1, 0.15) is 5.69 Å². The van der Waals surface area contributed by atoms with Gasteiger partial charge in [-0.1, -0.05) is 18.2 Å². The van der Waals surface area contributed by atoms with Crippen LogP contribution in [-0.2, 0) is 6.42 Å². The van der Waals surface area contributed by atoms with Gasteiger partial charge in [-0.3, -0.25) is 9.78 Å². The summed E-state index contributed by atoms with van der Waals surface area (Å²) in [4.78, 5) is 27.6. The van der Waals surface area contributed by atoms with E-state index in [1.165, 1.54) is 0 Å². The molecular weight excluding hydrogens is 352 g/mol. The lowest BCUT2D eigenvalue weighted by Crippen LogP contribution is -2.36. The van der Waals surface area contributed by atoms with E-state index in [1.807, 2.05) is 45.2 Å². The van der Waals surface area contributed by atoms with Crippen molar-refractivity contribution in [2.75, 3.05) is 14.2 Å². The van der Waals surface area contributed by atoms with Gasteiger partial charge in [0, 0.05) is 54.9 Å². The van der Waals surface area contributed by atoms with Crippen molar-refractivity contribution < 1.29 is 9.53 Å². The van der Waals surface area contributed by atoms with Crippen LogP contribution in [-0.4, -0.2) is 46.0 Å². The highest BCUT2D eigenvalue weighted by Crippen LogP contribution is 2.25. The molecule has 1 amide bonds. The number of methoxy groups -OCH3 is 1. The average Bonchev–Trinajstić information content (AvgIpc) is 2.74. The third-order valence-corrected chi connectivity index (χ3v) is 4.85. The number of hydrogen-bond donors (Lipinski definition) is 0. The number of nitrogens with zero attached hydrogens (tertiary/aromatic N) is 4. The van der Waals surface area contributed by atoms with E-state index in [0.717, 1.165) is 16.8 Å².